The minimum atomic E-state index is -0.551. The van der Waals surface area contributed by atoms with Crippen molar-refractivity contribution in [2.24, 2.45) is 0 Å². The van der Waals surface area contributed by atoms with Crippen molar-refractivity contribution in [1.82, 2.24) is 14.7 Å². The van der Waals surface area contributed by atoms with Crippen molar-refractivity contribution in [3.63, 3.8) is 0 Å². The van der Waals surface area contributed by atoms with E-state index in [1.54, 1.807) is 18.7 Å². The maximum atomic E-state index is 13.1. The highest BCUT2D eigenvalue weighted by atomic mass is 16.5. The number of aromatic nitrogens is 2. The van der Waals surface area contributed by atoms with Crippen LogP contribution in [-0.2, 0) is 16.1 Å². The maximum absolute atomic E-state index is 13.1. The van der Waals surface area contributed by atoms with Gasteiger partial charge in [-0.3, -0.25) is 9.59 Å². The fourth-order valence-corrected chi connectivity index (χ4v) is 3.30. The van der Waals surface area contributed by atoms with Crippen molar-refractivity contribution in [2.75, 3.05) is 20.3 Å². The van der Waals surface area contributed by atoms with Gasteiger partial charge in [0.25, 0.3) is 11.7 Å². The normalized spacial score (nSPS) is 10.7. The Labute approximate surface area is 170 Å². The van der Waals surface area contributed by atoms with Gasteiger partial charge in [0, 0.05) is 20.2 Å². The summed E-state index contributed by atoms with van der Waals surface area (Å²) in [4.78, 5) is 27.8. The van der Waals surface area contributed by atoms with Crippen LogP contribution in [0.25, 0.3) is 5.69 Å². The fourth-order valence-electron chi connectivity index (χ4n) is 3.30. The first-order valence-electron chi connectivity index (χ1n) is 9.51. The number of ketones is 1. The number of carbonyl (C=O) groups excluding carboxylic acids is 2. The molecule has 0 aliphatic carbocycles. The van der Waals surface area contributed by atoms with E-state index in [0.29, 0.717) is 36.6 Å². The van der Waals surface area contributed by atoms with Crippen molar-refractivity contribution in [2.45, 2.75) is 20.4 Å². The topological polar surface area (TPSA) is 64.4 Å². The van der Waals surface area contributed by atoms with Crippen molar-refractivity contribution in [3.8, 4) is 5.69 Å². The zero-order valence-corrected chi connectivity index (χ0v) is 17.0. The lowest BCUT2D eigenvalue weighted by Gasteiger charge is -2.22. The maximum Gasteiger partial charge on any atom is 0.295 e. The number of benzene rings is 2. The Kier molecular flexibility index (Phi) is 6.57. The Morgan fingerprint density at radius 3 is 2.24 bits per heavy atom. The highest BCUT2D eigenvalue weighted by molar-refractivity contribution is 6.43. The van der Waals surface area contributed by atoms with Crippen molar-refractivity contribution in [1.29, 1.82) is 0 Å². The average Bonchev–Trinajstić information content (AvgIpc) is 3.05. The molecular weight excluding hydrogens is 366 g/mol. The first-order valence-corrected chi connectivity index (χ1v) is 9.51. The average molecular weight is 391 g/mol. The predicted molar refractivity (Wildman–Crippen MR) is 111 cm³/mol. The number of hydrogen-bond donors (Lipinski definition) is 0. The van der Waals surface area contributed by atoms with Gasteiger partial charge in [0.1, 0.15) is 0 Å². The number of nitrogens with zero attached hydrogens (tertiary/aromatic N) is 3. The number of amides is 1. The summed E-state index contributed by atoms with van der Waals surface area (Å²) in [6.07, 6.45) is 0. The highest BCUT2D eigenvalue weighted by Crippen LogP contribution is 2.19. The number of carbonyl (C=O) groups is 2. The molecule has 2 aromatic carbocycles. The molecule has 1 heterocycles. The minimum Gasteiger partial charge on any atom is -0.383 e. The zero-order chi connectivity index (χ0) is 20.8. The fraction of sp³-hybridized carbons (Fsp3) is 0.261. The minimum absolute atomic E-state index is 0.334. The number of aryl methyl sites for hydroxylation is 1. The van der Waals surface area contributed by atoms with Crippen LogP contribution in [0, 0.1) is 13.8 Å². The van der Waals surface area contributed by atoms with Gasteiger partial charge >= 0.3 is 0 Å². The molecule has 0 saturated carbocycles. The van der Waals surface area contributed by atoms with E-state index in [2.05, 4.69) is 5.10 Å². The Bertz CT molecular complexity index is 981. The molecule has 0 atom stereocenters. The third kappa shape index (κ3) is 4.60. The molecule has 6 heteroatoms. The van der Waals surface area contributed by atoms with Gasteiger partial charge in [-0.15, -0.1) is 0 Å². The molecule has 1 aromatic heterocycles. The van der Waals surface area contributed by atoms with Gasteiger partial charge in [0.15, 0.2) is 0 Å². The standard InChI is InChI=1S/C23H25N3O3/c1-17-21(18(2)26(24-17)20-12-8-5-9-13-20)22(27)23(28)25(14-15-29-3)16-19-10-6-4-7-11-19/h4-13H,14-16H2,1-3H3. The molecule has 0 aliphatic heterocycles. The molecule has 3 rings (SSSR count). The molecule has 150 valence electrons. The largest absolute Gasteiger partial charge is 0.383 e. The molecule has 0 radical (unpaired) electrons. The molecular formula is C23H25N3O3. The summed E-state index contributed by atoms with van der Waals surface area (Å²) < 4.78 is 6.83. The first-order chi connectivity index (χ1) is 14.0. The lowest BCUT2D eigenvalue weighted by molar-refractivity contribution is -0.127. The number of rotatable bonds is 8. The Hall–Kier alpha value is -3.25. The van der Waals surface area contributed by atoms with E-state index >= 15 is 0 Å². The van der Waals surface area contributed by atoms with Gasteiger partial charge in [-0.25, -0.2) is 4.68 Å². The van der Waals surface area contributed by atoms with Crippen molar-refractivity contribution < 1.29 is 14.3 Å². The third-order valence-corrected chi connectivity index (χ3v) is 4.78. The second-order valence-corrected chi connectivity index (χ2v) is 6.83. The Morgan fingerprint density at radius 1 is 1.00 bits per heavy atom. The van der Waals surface area contributed by atoms with Gasteiger partial charge < -0.3 is 9.64 Å². The Morgan fingerprint density at radius 2 is 1.62 bits per heavy atom. The van der Waals surface area contributed by atoms with Crippen molar-refractivity contribution in [3.05, 3.63) is 83.2 Å². The highest BCUT2D eigenvalue weighted by Gasteiger charge is 2.29. The SMILES string of the molecule is COCCN(Cc1ccccc1)C(=O)C(=O)c1c(C)nn(-c2ccccc2)c1C. The smallest absolute Gasteiger partial charge is 0.295 e. The van der Waals surface area contributed by atoms with Crippen LogP contribution in [0.5, 0.6) is 0 Å². The summed E-state index contributed by atoms with van der Waals surface area (Å²) in [7, 11) is 1.57. The van der Waals surface area contributed by atoms with Gasteiger partial charge in [-0.05, 0) is 31.5 Å². The van der Waals surface area contributed by atoms with Crippen LogP contribution in [-0.4, -0.2) is 46.6 Å². The third-order valence-electron chi connectivity index (χ3n) is 4.78. The molecule has 0 N–H and O–H groups in total. The van der Waals surface area contributed by atoms with E-state index < -0.39 is 11.7 Å². The number of ether oxygens (including phenoxy) is 1. The van der Waals surface area contributed by atoms with Crippen LogP contribution in [0.2, 0.25) is 0 Å². The summed E-state index contributed by atoms with van der Waals surface area (Å²) in [5.74, 6) is -1.10. The molecule has 29 heavy (non-hydrogen) atoms. The molecule has 1 amide bonds. The summed E-state index contributed by atoms with van der Waals surface area (Å²) in [6.45, 7) is 4.60. The van der Waals surface area contributed by atoms with Gasteiger partial charge in [-0.1, -0.05) is 48.5 Å². The summed E-state index contributed by atoms with van der Waals surface area (Å²) in [5, 5.41) is 4.49. The van der Waals surface area contributed by atoms with Crippen LogP contribution >= 0.6 is 0 Å². The van der Waals surface area contributed by atoms with Gasteiger partial charge in [0.05, 0.1) is 29.2 Å². The molecule has 0 bridgehead atoms. The first kappa shape index (κ1) is 20.5. The lowest BCUT2D eigenvalue weighted by Crippen LogP contribution is -2.38. The van der Waals surface area contributed by atoms with E-state index in [1.165, 1.54) is 4.90 Å². The Balaban J connectivity index is 1.89. The van der Waals surface area contributed by atoms with Crippen LogP contribution in [0.3, 0.4) is 0 Å². The van der Waals surface area contributed by atoms with Crippen LogP contribution in [0.15, 0.2) is 60.7 Å². The molecule has 6 nitrogen and oxygen atoms in total. The molecule has 0 unspecified atom stereocenters. The van der Waals surface area contributed by atoms with E-state index in [1.807, 2.05) is 67.6 Å². The van der Waals surface area contributed by atoms with Crippen LogP contribution < -0.4 is 0 Å². The summed E-state index contributed by atoms with van der Waals surface area (Å²) >= 11 is 0. The van der Waals surface area contributed by atoms with Gasteiger partial charge in [0.2, 0.25) is 0 Å². The quantitative estimate of drug-likeness (QED) is 0.436. The van der Waals surface area contributed by atoms with Gasteiger partial charge in [-0.2, -0.15) is 5.10 Å². The molecule has 0 aliphatic rings. The zero-order valence-electron chi connectivity index (χ0n) is 17.0. The van der Waals surface area contributed by atoms with E-state index in [4.69, 9.17) is 4.74 Å². The molecule has 0 saturated heterocycles. The van der Waals surface area contributed by atoms with E-state index in [-0.39, 0.29) is 0 Å². The summed E-state index contributed by atoms with van der Waals surface area (Å²) in [5.41, 5.74) is 3.35. The monoisotopic (exact) mass is 391 g/mol. The van der Waals surface area contributed by atoms with E-state index in [0.717, 1.165) is 11.3 Å². The lowest BCUT2D eigenvalue weighted by atomic mass is 10.1. The molecule has 3 aromatic rings. The van der Waals surface area contributed by atoms with Crippen LogP contribution in [0.1, 0.15) is 27.3 Å². The van der Waals surface area contributed by atoms with E-state index in [9.17, 15) is 9.59 Å². The van der Waals surface area contributed by atoms with Crippen molar-refractivity contribution >= 4 is 11.7 Å². The number of hydrogen-bond acceptors (Lipinski definition) is 4. The second kappa shape index (κ2) is 9.30. The number of Topliss-reactive ketones (excluding diaryl/α,β-unsaturated/α-hetero) is 1. The number of methoxy groups -OCH3 is 1. The molecule has 0 fully saturated rings. The predicted octanol–water partition coefficient (Wildman–Crippen LogP) is 3.35. The molecule has 0 spiro atoms. The second-order valence-electron chi connectivity index (χ2n) is 6.83. The summed E-state index contributed by atoms with van der Waals surface area (Å²) in [6, 6.07) is 19.2. The number of para-hydroxylation sites is 1. The van der Waals surface area contributed by atoms with Crippen LogP contribution in [0.4, 0.5) is 0 Å².